The lowest BCUT2D eigenvalue weighted by Gasteiger charge is -2.30. The monoisotopic (exact) mass is 282 g/mol. The fraction of sp³-hybridized carbons (Fsp3) is 0.533. The summed E-state index contributed by atoms with van der Waals surface area (Å²) in [6.07, 6.45) is 0.0993. The molecule has 0 bridgehead atoms. The Kier molecular flexibility index (Phi) is 5.14. The summed E-state index contributed by atoms with van der Waals surface area (Å²) in [4.78, 5) is 10.8. The quantitative estimate of drug-likeness (QED) is 0.640. The van der Waals surface area contributed by atoms with Crippen molar-refractivity contribution in [2.24, 2.45) is 5.92 Å². The van der Waals surface area contributed by atoms with Gasteiger partial charge in [-0.2, -0.15) is 0 Å². The van der Waals surface area contributed by atoms with E-state index in [1.54, 1.807) is 0 Å². The molecule has 20 heavy (non-hydrogen) atoms. The fourth-order valence-electron chi connectivity index (χ4n) is 2.04. The summed E-state index contributed by atoms with van der Waals surface area (Å²) in [7, 11) is 0. The Hall–Kier alpha value is -1.59. The van der Waals surface area contributed by atoms with Crippen molar-refractivity contribution in [2.75, 3.05) is 0 Å². The van der Waals surface area contributed by atoms with Crippen LogP contribution in [0.2, 0.25) is 0 Å². The number of carboxylic acid groups (broad SMARTS) is 1. The van der Waals surface area contributed by atoms with Gasteiger partial charge < -0.3 is 20.4 Å². The topological polar surface area (TPSA) is 98.0 Å². The molecule has 0 spiro atoms. The Morgan fingerprint density at radius 1 is 1.30 bits per heavy atom. The molecule has 112 valence electrons. The maximum atomic E-state index is 10.8. The highest BCUT2D eigenvalue weighted by Crippen LogP contribution is 2.34. The summed E-state index contributed by atoms with van der Waals surface area (Å²) < 4.78 is 0. The highest BCUT2D eigenvalue weighted by molar-refractivity contribution is 5.88. The van der Waals surface area contributed by atoms with Gasteiger partial charge in [0.2, 0.25) is 0 Å². The zero-order valence-electron chi connectivity index (χ0n) is 12.0. The van der Waals surface area contributed by atoms with E-state index in [2.05, 4.69) is 0 Å². The molecule has 5 nitrogen and oxygen atoms in total. The first-order chi connectivity index (χ1) is 9.16. The van der Waals surface area contributed by atoms with Crippen LogP contribution in [0.5, 0.6) is 5.75 Å². The number of hydrogen-bond acceptors (Lipinski definition) is 4. The van der Waals surface area contributed by atoms with Crippen molar-refractivity contribution in [2.45, 2.75) is 45.3 Å². The zero-order valence-corrected chi connectivity index (χ0v) is 12.0. The van der Waals surface area contributed by atoms with E-state index < -0.39 is 17.7 Å². The van der Waals surface area contributed by atoms with Gasteiger partial charge in [0.1, 0.15) is 11.4 Å². The molecule has 1 aromatic rings. The fourth-order valence-corrected chi connectivity index (χ4v) is 2.04. The summed E-state index contributed by atoms with van der Waals surface area (Å²) in [5, 5.41) is 39.2. The minimum atomic E-state index is -1.63. The van der Waals surface area contributed by atoms with Gasteiger partial charge in [-0.15, -0.1) is 0 Å². The Bertz CT molecular complexity index is 479. The number of aromatic hydroxyl groups is 1. The number of benzene rings is 1. The molecule has 0 fully saturated rings. The lowest BCUT2D eigenvalue weighted by Crippen LogP contribution is -2.36. The normalized spacial score (nSPS) is 15.9. The molecule has 0 saturated heterocycles. The van der Waals surface area contributed by atoms with Crippen LogP contribution in [-0.4, -0.2) is 32.5 Å². The van der Waals surface area contributed by atoms with Crippen LogP contribution in [0.4, 0.5) is 0 Å². The van der Waals surface area contributed by atoms with Gasteiger partial charge >= 0.3 is 5.97 Å². The first-order valence-corrected chi connectivity index (χ1v) is 6.63. The molecule has 0 aliphatic rings. The highest BCUT2D eigenvalue weighted by Gasteiger charge is 2.34. The lowest BCUT2D eigenvalue weighted by atomic mass is 9.85. The van der Waals surface area contributed by atoms with Gasteiger partial charge in [0, 0.05) is 5.56 Å². The van der Waals surface area contributed by atoms with E-state index in [1.165, 1.54) is 19.1 Å². The molecular weight excluding hydrogens is 260 g/mol. The molecule has 0 saturated carbocycles. The maximum absolute atomic E-state index is 10.8. The Labute approximate surface area is 118 Å². The second-order valence-corrected chi connectivity index (χ2v) is 5.67. The molecule has 0 aromatic heterocycles. The molecular formula is C15H22O5. The number of carboxylic acids is 1. The Balaban J connectivity index is 2.99. The van der Waals surface area contributed by atoms with Crippen LogP contribution in [0, 0.1) is 5.92 Å². The molecule has 0 amide bonds. The number of phenols is 1. The average molecular weight is 282 g/mol. The van der Waals surface area contributed by atoms with Crippen LogP contribution < -0.4 is 0 Å². The van der Waals surface area contributed by atoms with E-state index >= 15 is 0 Å². The molecule has 0 radical (unpaired) electrons. The minimum Gasteiger partial charge on any atom is -0.508 e. The van der Waals surface area contributed by atoms with Crippen LogP contribution in [0.15, 0.2) is 18.2 Å². The summed E-state index contributed by atoms with van der Waals surface area (Å²) in [6.45, 7) is 5.44. The van der Waals surface area contributed by atoms with Crippen LogP contribution >= 0.6 is 0 Å². The van der Waals surface area contributed by atoms with E-state index in [-0.39, 0.29) is 16.9 Å². The SMILES string of the molecule is CC(C)CC[C@@H](O)[C@@](C)(O)c1ccc(C(=O)O)cc1O. The number of hydrogen-bond donors (Lipinski definition) is 4. The Morgan fingerprint density at radius 2 is 1.90 bits per heavy atom. The van der Waals surface area contributed by atoms with Crippen molar-refractivity contribution in [3.05, 3.63) is 29.3 Å². The smallest absolute Gasteiger partial charge is 0.335 e. The molecule has 0 unspecified atom stereocenters. The van der Waals surface area contributed by atoms with Crippen molar-refractivity contribution in [1.29, 1.82) is 0 Å². The first-order valence-electron chi connectivity index (χ1n) is 6.63. The third-order valence-corrected chi connectivity index (χ3v) is 3.46. The number of aliphatic hydroxyl groups is 2. The molecule has 2 atom stereocenters. The number of aliphatic hydroxyl groups excluding tert-OH is 1. The second-order valence-electron chi connectivity index (χ2n) is 5.67. The number of aromatic carboxylic acids is 1. The van der Waals surface area contributed by atoms with E-state index in [9.17, 15) is 20.1 Å². The zero-order chi connectivity index (χ0) is 15.5. The predicted octanol–water partition coefficient (Wildman–Crippen LogP) is 2.10. The van der Waals surface area contributed by atoms with Crippen molar-refractivity contribution in [3.8, 4) is 5.75 Å². The minimum absolute atomic E-state index is 0.0706. The van der Waals surface area contributed by atoms with Crippen molar-refractivity contribution < 1.29 is 25.2 Å². The van der Waals surface area contributed by atoms with Crippen molar-refractivity contribution in [1.82, 2.24) is 0 Å². The van der Waals surface area contributed by atoms with Gasteiger partial charge in [0.25, 0.3) is 0 Å². The van der Waals surface area contributed by atoms with E-state index in [4.69, 9.17) is 5.11 Å². The van der Waals surface area contributed by atoms with Gasteiger partial charge in [-0.25, -0.2) is 4.79 Å². The van der Waals surface area contributed by atoms with Gasteiger partial charge in [-0.05, 0) is 37.8 Å². The summed E-state index contributed by atoms with van der Waals surface area (Å²) in [5.41, 5.74) is -1.58. The second kappa shape index (κ2) is 6.24. The molecule has 0 heterocycles. The summed E-state index contributed by atoms with van der Waals surface area (Å²) in [6, 6.07) is 3.69. The van der Waals surface area contributed by atoms with Crippen LogP contribution in [0.3, 0.4) is 0 Å². The molecule has 0 aliphatic heterocycles. The van der Waals surface area contributed by atoms with Gasteiger partial charge in [-0.3, -0.25) is 0 Å². The van der Waals surface area contributed by atoms with Crippen LogP contribution in [0.25, 0.3) is 0 Å². The third-order valence-electron chi connectivity index (χ3n) is 3.46. The largest absolute Gasteiger partial charge is 0.508 e. The maximum Gasteiger partial charge on any atom is 0.335 e. The van der Waals surface area contributed by atoms with E-state index in [0.29, 0.717) is 12.3 Å². The Morgan fingerprint density at radius 3 is 2.35 bits per heavy atom. The first kappa shape index (κ1) is 16.5. The summed E-state index contributed by atoms with van der Waals surface area (Å²) >= 11 is 0. The molecule has 0 aliphatic carbocycles. The van der Waals surface area contributed by atoms with Gasteiger partial charge in [0.05, 0.1) is 11.7 Å². The van der Waals surface area contributed by atoms with Crippen molar-refractivity contribution >= 4 is 5.97 Å². The summed E-state index contributed by atoms with van der Waals surface area (Å²) in [5.74, 6) is -1.10. The number of rotatable bonds is 6. The van der Waals surface area contributed by atoms with Gasteiger partial charge in [0.15, 0.2) is 0 Å². The highest BCUT2D eigenvalue weighted by atomic mass is 16.4. The average Bonchev–Trinajstić information content (AvgIpc) is 2.35. The number of carbonyl (C=O) groups is 1. The van der Waals surface area contributed by atoms with E-state index in [1.807, 2.05) is 13.8 Å². The standard InChI is InChI=1S/C15H22O5/c1-9(2)4-7-13(17)15(3,20)11-6-5-10(14(18)19)8-12(11)16/h5-6,8-9,13,16-17,20H,4,7H2,1-3H3,(H,18,19)/t13-,15+/m1/s1. The van der Waals surface area contributed by atoms with E-state index in [0.717, 1.165) is 12.5 Å². The van der Waals surface area contributed by atoms with Crippen molar-refractivity contribution in [3.63, 3.8) is 0 Å². The molecule has 1 rings (SSSR count). The lowest BCUT2D eigenvalue weighted by molar-refractivity contribution is -0.0730. The van der Waals surface area contributed by atoms with Crippen LogP contribution in [0.1, 0.15) is 49.5 Å². The molecule has 1 aromatic carbocycles. The molecule has 4 N–H and O–H groups in total. The molecule has 5 heteroatoms. The predicted molar refractivity (Wildman–Crippen MR) is 74.7 cm³/mol. The van der Waals surface area contributed by atoms with Gasteiger partial charge in [-0.1, -0.05) is 19.9 Å². The van der Waals surface area contributed by atoms with Crippen LogP contribution in [-0.2, 0) is 5.60 Å². The number of phenolic OH excluding ortho intramolecular Hbond substituents is 1. The third kappa shape index (κ3) is 3.71.